The minimum atomic E-state index is 0.224. The van der Waals surface area contributed by atoms with Crippen molar-refractivity contribution in [2.75, 3.05) is 39.3 Å². The number of carbonyl (C=O) groups excluding carboxylic acids is 2. The molecule has 0 aliphatic carbocycles. The highest BCUT2D eigenvalue weighted by Crippen LogP contribution is 2.40. The molecule has 0 atom stereocenters. The Labute approximate surface area is 127 Å². The Morgan fingerprint density at radius 2 is 1.76 bits per heavy atom. The number of amides is 2. The van der Waals surface area contributed by atoms with E-state index in [1.54, 1.807) is 0 Å². The third kappa shape index (κ3) is 3.57. The van der Waals surface area contributed by atoms with Crippen LogP contribution in [-0.4, -0.2) is 60.9 Å². The zero-order chi connectivity index (χ0) is 14.7. The first kappa shape index (κ1) is 14.8. The largest absolute Gasteiger partial charge is 0.356 e. The van der Waals surface area contributed by atoms with Crippen molar-refractivity contribution < 1.29 is 9.59 Å². The van der Waals surface area contributed by atoms with E-state index in [2.05, 4.69) is 10.2 Å². The molecule has 5 heteroatoms. The Balaban J connectivity index is 1.44. The number of hydrogen-bond donors (Lipinski definition) is 1. The molecule has 5 nitrogen and oxygen atoms in total. The topological polar surface area (TPSA) is 52.7 Å². The van der Waals surface area contributed by atoms with Crippen molar-refractivity contribution in [1.29, 1.82) is 0 Å². The zero-order valence-electron chi connectivity index (χ0n) is 12.9. The highest BCUT2D eigenvalue weighted by atomic mass is 16.2. The van der Waals surface area contributed by atoms with E-state index in [-0.39, 0.29) is 5.91 Å². The molecule has 0 radical (unpaired) electrons. The first-order valence-electron chi connectivity index (χ1n) is 8.44. The van der Waals surface area contributed by atoms with Crippen LogP contribution in [0.3, 0.4) is 0 Å². The third-order valence-electron chi connectivity index (χ3n) is 5.63. The van der Waals surface area contributed by atoms with E-state index in [4.69, 9.17) is 0 Å². The van der Waals surface area contributed by atoms with Crippen LogP contribution in [0.2, 0.25) is 0 Å². The van der Waals surface area contributed by atoms with Gasteiger partial charge in [0.15, 0.2) is 0 Å². The van der Waals surface area contributed by atoms with Gasteiger partial charge in [-0.05, 0) is 50.6 Å². The van der Waals surface area contributed by atoms with Crippen molar-refractivity contribution in [2.24, 2.45) is 5.41 Å². The molecule has 3 heterocycles. The molecule has 0 unspecified atom stereocenters. The van der Waals surface area contributed by atoms with E-state index < -0.39 is 0 Å². The Morgan fingerprint density at radius 1 is 0.952 bits per heavy atom. The summed E-state index contributed by atoms with van der Waals surface area (Å²) >= 11 is 0. The van der Waals surface area contributed by atoms with Crippen molar-refractivity contribution >= 4 is 11.8 Å². The number of nitrogens with zero attached hydrogens (tertiary/aromatic N) is 2. The monoisotopic (exact) mass is 293 g/mol. The van der Waals surface area contributed by atoms with Crippen molar-refractivity contribution in [1.82, 2.24) is 15.1 Å². The summed E-state index contributed by atoms with van der Waals surface area (Å²) in [6, 6.07) is 0. The van der Waals surface area contributed by atoms with Crippen LogP contribution in [0, 0.1) is 5.41 Å². The summed E-state index contributed by atoms with van der Waals surface area (Å²) < 4.78 is 0. The molecule has 3 rings (SSSR count). The fourth-order valence-corrected chi connectivity index (χ4v) is 4.01. The van der Waals surface area contributed by atoms with Gasteiger partial charge < -0.3 is 15.1 Å². The van der Waals surface area contributed by atoms with E-state index in [1.165, 1.54) is 12.8 Å². The van der Waals surface area contributed by atoms with E-state index >= 15 is 0 Å². The molecule has 1 spiro atoms. The lowest BCUT2D eigenvalue weighted by molar-refractivity contribution is -0.128. The fourth-order valence-electron chi connectivity index (χ4n) is 4.01. The van der Waals surface area contributed by atoms with E-state index in [9.17, 15) is 9.59 Å². The van der Waals surface area contributed by atoms with Crippen LogP contribution in [-0.2, 0) is 9.59 Å². The van der Waals surface area contributed by atoms with Gasteiger partial charge in [0, 0.05) is 39.0 Å². The molecule has 0 aromatic rings. The molecular weight excluding hydrogens is 266 g/mol. The van der Waals surface area contributed by atoms with Crippen molar-refractivity contribution in [3.05, 3.63) is 0 Å². The Morgan fingerprint density at radius 3 is 2.48 bits per heavy atom. The van der Waals surface area contributed by atoms with Crippen LogP contribution in [0.25, 0.3) is 0 Å². The fraction of sp³-hybridized carbons (Fsp3) is 0.875. The summed E-state index contributed by atoms with van der Waals surface area (Å²) in [4.78, 5) is 27.6. The van der Waals surface area contributed by atoms with Gasteiger partial charge in [-0.2, -0.15) is 0 Å². The molecule has 3 fully saturated rings. The van der Waals surface area contributed by atoms with Gasteiger partial charge in [-0.1, -0.05) is 0 Å². The summed E-state index contributed by atoms with van der Waals surface area (Å²) in [5.74, 6) is 0.554. The molecule has 0 saturated carbocycles. The van der Waals surface area contributed by atoms with Gasteiger partial charge in [0.2, 0.25) is 11.8 Å². The summed E-state index contributed by atoms with van der Waals surface area (Å²) in [6.45, 7) is 5.95. The van der Waals surface area contributed by atoms with E-state index in [0.29, 0.717) is 17.7 Å². The maximum Gasteiger partial charge on any atom is 0.222 e. The van der Waals surface area contributed by atoms with Gasteiger partial charge in [0.25, 0.3) is 0 Å². The molecule has 3 aliphatic heterocycles. The van der Waals surface area contributed by atoms with Crippen LogP contribution in [0.1, 0.15) is 44.9 Å². The maximum absolute atomic E-state index is 11.6. The lowest BCUT2D eigenvalue weighted by Crippen LogP contribution is -2.43. The zero-order valence-corrected chi connectivity index (χ0v) is 12.9. The lowest BCUT2D eigenvalue weighted by Gasteiger charge is -2.41. The molecule has 3 aliphatic rings. The van der Waals surface area contributed by atoms with E-state index in [0.717, 1.165) is 65.0 Å². The third-order valence-corrected chi connectivity index (χ3v) is 5.63. The van der Waals surface area contributed by atoms with Crippen LogP contribution < -0.4 is 5.32 Å². The second kappa shape index (κ2) is 6.34. The quantitative estimate of drug-likeness (QED) is 0.844. The van der Waals surface area contributed by atoms with Crippen LogP contribution in [0.15, 0.2) is 0 Å². The Bertz CT molecular complexity index is 402. The van der Waals surface area contributed by atoms with Gasteiger partial charge in [0.05, 0.1) is 0 Å². The smallest absolute Gasteiger partial charge is 0.222 e. The summed E-state index contributed by atoms with van der Waals surface area (Å²) in [5.41, 5.74) is 0.388. The summed E-state index contributed by atoms with van der Waals surface area (Å²) in [7, 11) is 0. The number of hydrogen-bond acceptors (Lipinski definition) is 3. The Hall–Kier alpha value is -1.10. The summed E-state index contributed by atoms with van der Waals surface area (Å²) in [6.07, 6.45) is 7.07. The number of carbonyl (C=O) groups is 2. The van der Waals surface area contributed by atoms with Crippen LogP contribution in [0.5, 0.6) is 0 Å². The second-order valence-corrected chi connectivity index (χ2v) is 6.93. The Kier molecular flexibility index (Phi) is 4.48. The second-order valence-electron chi connectivity index (χ2n) is 6.93. The van der Waals surface area contributed by atoms with Crippen molar-refractivity contribution in [2.45, 2.75) is 44.9 Å². The number of piperidine rings is 1. The molecule has 1 N–H and O–H groups in total. The molecule has 3 saturated heterocycles. The standard InChI is InChI=1S/C16H27N3O2/c20-14-3-4-16(5-8-17-14)6-10-18(11-7-16)12-13-19-9-1-2-15(19)21/h1-13H2,(H,17,20). The minimum Gasteiger partial charge on any atom is -0.356 e. The number of rotatable bonds is 3. The van der Waals surface area contributed by atoms with Gasteiger partial charge in [-0.25, -0.2) is 0 Å². The normalized spacial score (nSPS) is 27.0. The van der Waals surface area contributed by atoms with Gasteiger partial charge in [0.1, 0.15) is 0 Å². The highest BCUT2D eigenvalue weighted by molar-refractivity contribution is 5.78. The van der Waals surface area contributed by atoms with Crippen LogP contribution >= 0.6 is 0 Å². The maximum atomic E-state index is 11.6. The average molecular weight is 293 g/mol. The summed E-state index contributed by atoms with van der Waals surface area (Å²) in [5, 5.41) is 3.00. The predicted molar refractivity (Wildman–Crippen MR) is 80.8 cm³/mol. The molecule has 2 amide bonds. The SMILES string of the molecule is O=C1CCC2(CCN1)CCN(CCN1CCCC1=O)CC2. The van der Waals surface area contributed by atoms with Gasteiger partial charge in [-0.15, -0.1) is 0 Å². The van der Waals surface area contributed by atoms with E-state index in [1.807, 2.05) is 4.90 Å². The van der Waals surface area contributed by atoms with Gasteiger partial charge >= 0.3 is 0 Å². The minimum absolute atomic E-state index is 0.224. The average Bonchev–Trinajstić information content (AvgIpc) is 2.81. The predicted octanol–water partition coefficient (Wildman–Crippen LogP) is 0.991. The highest BCUT2D eigenvalue weighted by Gasteiger charge is 2.36. The first-order valence-corrected chi connectivity index (χ1v) is 8.44. The lowest BCUT2D eigenvalue weighted by atomic mass is 9.73. The molecule has 21 heavy (non-hydrogen) atoms. The molecule has 0 aromatic heterocycles. The molecule has 0 aromatic carbocycles. The number of nitrogens with one attached hydrogen (secondary N) is 1. The van der Waals surface area contributed by atoms with Crippen LogP contribution in [0.4, 0.5) is 0 Å². The molecule has 118 valence electrons. The number of likely N-dealkylation sites (tertiary alicyclic amines) is 2. The molecular formula is C16H27N3O2. The van der Waals surface area contributed by atoms with Crippen molar-refractivity contribution in [3.8, 4) is 0 Å². The first-order chi connectivity index (χ1) is 10.2. The van der Waals surface area contributed by atoms with Gasteiger partial charge in [-0.3, -0.25) is 9.59 Å². The molecule has 0 bridgehead atoms. The van der Waals surface area contributed by atoms with Crippen molar-refractivity contribution in [3.63, 3.8) is 0 Å².